The zero-order chi connectivity index (χ0) is 7.56. The second-order valence-electron chi connectivity index (χ2n) is 2.05. The molecule has 3 nitrogen and oxygen atoms in total. The summed E-state index contributed by atoms with van der Waals surface area (Å²) < 4.78 is 0. The number of aromatic nitrogens is 2. The summed E-state index contributed by atoms with van der Waals surface area (Å²) in [5.41, 5.74) is 1.75. The molecule has 1 aromatic heterocycles. The lowest BCUT2D eigenvalue weighted by molar-refractivity contribution is 0.561. The van der Waals surface area contributed by atoms with Gasteiger partial charge in [0.25, 0.3) is 6.29 Å². The van der Waals surface area contributed by atoms with Crippen LogP contribution in [0.3, 0.4) is 0 Å². The molecule has 1 rings (SSSR count). The fourth-order valence-electron chi connectivity index (χ4n) is 0.698. The lowest BCUT2D eigenvalue weighted by Gasteiger charge is -1.94. The third-order valence-electron chi connectivity index (χ3n) is 1.16. The van der Waals surface area contributed by atoms with Gasteiger partial charge in [-0.25, -0.2) is 4.98 Å². The maximum Gasteiger partial charge on any atom is 0.255 e. The zero-order valence-electron chi connectivity index (χ0n) is 5.88. The zero-order valence-corrected chi connectivity index (χ0v) is 5.88. The first-order valence-corrected chi connectivity index (χ1v) is 2.92. The highest BCUT2D eigenvalue weighted by Crippen LogP contribution is 1.97. The fourth-order valence-corrected chi connectivity index (χ4v) is 0.698. The van der Waals surface area contributed by atoms with Crippen molar-refractivity contribution in [3.63, 3.8) is 0 Å². The van der Waals surface area contributed by atoms with Crippen molar-refractivity contribution in [2.24, 2.45) is 0 Å². The molecule has 1 aromatic rings. The minimum atomic E-state index is 0.297. The summed E-state index contributed by atoms with van der Waals surface area (Å²) in [7, 11) is 0. The van der Waals surface area contributed by atoms with E-state index in [2.05, 4.69) is 9.97 Å². The summed E-state index contributed by atoms with van der Waals surface area (Å²) in [6.45, 7) is 3.56. The van der Waals surface area contributed by atoms with Gasteiger partial charge in [-0.05, 0) is 13.8 Å². The first-order valence-electron chi connectivity index (χ1n) is 2.92. The largest absolute Gasteiger partial charge is 0.283 e. The number of hydrogen-bond acceptors (Lipinski definition) is 3. The SMILES string of the molecule is Cc1cnc([C]=O)c(C)n1. The molecule has 51 valence electrons. The molecule has 3 heteroatoms. The van der Waals surface area contributed by atoms with E-state index in [9.17, 15) is 4.79 Å². The first-order chi connectivity index (χ1) is 4.74. The van der Waals surface area contributed by atoms with E-state index in [4.69, 9.17) is 0 Å². The van der Waals surface area contributed by atoms with Crippen molar-refractivity contribution >= 4 is 6.29 Å². The molecule has 0 saturated heterocycles. The minimum Gasteiger partial charge on any atom is -0.283 e. The Bertz CT molecular complexity index is 258. The maximum absolute atomic E-state index is 10.1. The highest BCUT2D eigenvalue weighted by Gasteiger charge is 1.98. The van der Waals surface area contributed by atoms with E-state index >= 15 is 0 Å². The van der Waals surface area contributed by atoms with Gasteiger partial charge in [-0.15, -0.1) is 0 Å². The maximum atomic E-state index is 10.1. The quantitative estimate of drug-likeness (QED) is 0.564. The Kier molecular flexibility index (Phi) is 1.76. The van der Waals surface area contributed by atoms with Gasteiger partial charge in [-0.3, -0.25) is 9.78 Å². The third-order valence-corrected chi connectivity index (χ3v) is 1.16. The van der Waals surface area contributed by atoms with Crippen LogP contribution in [0.15, 0.2) is 6.20 Å². The predicted molar refractivity (Wildman–Crippen MR) is 36.3 cm³/mol. The third kappa shape index (κ3) is 1.18. The van der Waals surface area contributed by atoms with Crippen LogP contribution in [0.2, 0.25) is 0 Å². The molecule has 0 saturated carbocycles. The number of nitrogens with zero attached hydrogens (tertiary/aromatic N) is 2. The molecule has 0 aliphatic carbocycles. The van der Waals surface area contributed by atoms with Gasteiger partial charge < -0.3 is 0 Å². The summed E-state index contributed by atoms with van der Waals surface area (Å²) >= 11 is 0. The van der Waals surface area contributed by atoms with Crippen LogP contribution in [0.25, 0.3) is 0 Å². The van der Waals surface area contributed by atoms with E-state index < -0.39 is 0 Å². The van der Waals surface area contributed by atoms with Crippen LogP contribution in [-0.2, 0) is 4.79 Å². The molecule has 0 fully saturated rings. The Hall–Kier alpha value is -1.25. The molecule has 0 spiro atoms. The van der Waals surface area contributed by atoms with Crippen LogP contribution >= 0.6 is 0 Å². The Morgan fingerprint density at radius 3 is 2.70 bits per heavy atom. The smallest absolute Gasteiger partial charge is 0.255 e. The van der Waals surface area contributed by atoms with Gasteiger partial charge in [0, 0.05) is 6.20 Å². The van der Waals surface area contributed by atoms with Gasteiger partial charge in [0.05, 0.1) is 11.4 Å². The molecule has 10 heavy (non-hydrogen) atoms. The Labute approximate surface area is 59.1 Å². The lowest BCUT2D eigenvalue weighted by Crippen LogP contribution is -1.96. The van der Waals surface area contributed by atoms with Crippen molar-refractivity contribution in [3.8, 4) is 0 Å². The van der Waals surface area contributed by atoms with Crippen molar-refractivity contribution in [1.29, 1.82) is 0 Å². The fraction of sp³-hybridized carbons (Fsp3) is 0.286. The Morgan fingerprint density at radius 2 is 2.20 bits per heavy atom. The summed E-state index contributed by atoms with van der Waals surface area (Å²) in [6, 6.07) is 0. The number of carbonyl (C=O) groups excluding carboxylic acids is 1. The van der Waals surface area contributed by atoms with E-state index in [1.165, 1.54) is 0 Å². The average molecular weight is 135 g/mol. The molecule has 0 aromatic carbocycles. The first kappa shape index (κ1) is 6.86. The number of hydrogen-bond donors (Lipinski definition) is 0. The second-order valence-corrected chi connectivity index (χ2v) is 2.05. The van der Waals surface area contributed by atoms with Crippen LogP contribution in [0.4, 0.5) is 0 Å². The topological polar surface area (TPSA) is 42.9 Å². The highest BCUT2D eigenvalue weighted by molar-refractivity contribution is 5.73. The molecule has 0 aliphatic heterocycles. The van der Waals surface area contributed by atoms with Crippen molar-refractivity contribution in [2.45, 2.75) is 13.8 Å². The summed E-state index contributed by atoms with van der Waals surface area (Å²) in [5, 5.41) is 0. The summed E-state index contributed by atoms with van der Waals surface area (Å²) in [5.74, 6) is 0. The summed E-state index contributed by atoms with van der Waals surface area (Å²) in [6.07, 6.45) is 3.25. The van der Waals surface area contributed by atoms with Gasteiger partial charge in [0.1, 0.15) is 5.69 Å². The van der Waals surface area contributed by atoms with E-state index in [-0.39, 0.29) is 0 Å². The van der Waals surface area contributed by atoms with Crippen LogP contribution in [0.1, 0.15) is 17.1 Å². The normalized spacial score (nSPS) is 9.40. The van der Waals surface area contributed by atoms with Crippen LogP contribution in [0.5, 0.6) is 0 Å². The van der Waals surface area contributed by atoms with Gasteiger partial charge >= 0.3 is 0 Å². The van der Waals surface area contributed by atoms with Gasteiger partial charge in [-0.1, -0.05) is 0 Å². The van der Waals surface area contributed by atoms with Gasteiger partial charge in [0.15, 0.2) is 0 Å². The minimum absolute atomic E-state index is 0.297. The molecule has 0 bridgehead atoms. The monoisotopic (exact) mass is 135 g/mol. The summed E-state index contributed by atoms with van der Waals surface area (Å²) in [4.78, 5) is 17.9. The Morgan fingerprint density at radius 1 is 1.50 bits per heavy atom. The predicted octanol–water partition coefficient (Wildman–Crippen LogP) is 0.551. The molecular formula is C7H7N2O. The Balaban J connectivity index is 3.19. The average Bonchev–Trinajstić information content (AvgIpc) is 1.88. The number of rotatable bonds is 1. The molecule has 0 N–H and O–H groups in total. The molecule has 0 unspecified atom stereocenters. The highest BCUT2D eigenvalue weighted by atomic mass is 16.1. The standard InChI is InChI=1S/C7H7N2O/c1-5-3-8-7(4-10)6(2)9-5/h3H,1-2H3. The van der Waals surface area contributed by atoms with E-state index in [1.54, 1.807) is 19.4 Å². The van der Waals surface area contributed by atoms with Crippen molar-refractivity contribution in [2.75, 3.05) is 0 Å². The molecule has 0 atom stereocenters. The molecular weight excluding hydrogens is 128 g/mol. The van der Waals surface area contributed by atoms with E-state index in [0.717, 1.165) is 5.69 Å². The number of aryl methyl sites for hydroxylation is 2. The second kappa shape index (κ2) is 2.56. The molecule has 1 heterocycles. The van der Waals surface area contributed by atoms with Gasteiger partial charge in [-0.2, -0.15) is 0 Å². The lowest BCUT2D eigenvalue weighted by atomic mass is 10.3. The van der Waals surface area contributed by atoms with Crippen molar-refractivity contribution < 1.29 is 4.79 Å². The van der Waals surface area contributed by atoms with E-state index in [1.807, 2.05) is 6.92 Å². The molecule has 0 aliphatic rings. The van der Waals surface area contributed by atoms with Crippen LogP contribution in [-0.4, -0.2) is 16.3 Å². The van der Waals surface area contributed by atoms with E-state index in [0.29, 0.717) is 11.4 Å². The van der Waals surface area contributed by atoms with Crippen molar-refractivity contribution in [3.05, 3.63) is 23.3 Å². The van der Waals surface area contributed by atoms with Crippen LogP contribution in [0, 0.1) is 13.8 Å². The van der Waals surface area contributed by atoms with Crippen molar-refractivity contribution in [1.82, 2.24) is 9.97 Å². The van der Waals surface area contributed by atoms with Gasteiger partial charge in [0.2, 0.25) is 0 Å². The van der Waals surface area contributed by atoms with Crippen LogP contribution < -0.4 is 0 Å². The molecule has 0 amide bonds. The molecule has 1 radical (unpaired) electrons.